The van der Waals surface area contributed by atoms with Crippen LogP contribution < -0.4 is 5.32 Å². The highest BCUT2D eigenvalue weighted by molar-refractivity contribution is 6.42. The molecule has 0 aromatic heterocycles. The molecular weight excluding hydrogens is 331 g/mol. The molecule has 0 aliphatic carbocycles. The Kier molecular flexibility index (Phi) is 6.61. The number of likely N-dealkylation sites (tertiary alicyclic amines) is 1. The highest BCUT2D eigenvalue weighted by Crippen LogP contribution is 2.24. The smallest absolute Gasteiger partial charge is 0.0721 e. The van der Waals surface area contributed by atoms with Crippen molar-refractivity contribution in [1.82, 2.24) is 10.2 Å². The molecule has 1 aromatic rings. The van der Waals surface area contributed by atoms with Crippen molar-refractivity contribution in [2.75, 3.05) is 32.7 Å². The Labute approximate surface area is 149 Å². The van der Waals surface area contributed by atoms with Crippen LogP contribution in [0.4, 0.5) is 0 Å². The van der Waals surface area contributed by atoms with Crippen LogP contribution in [0.2, 0.25) is 10.0 Å². The topological polar surface area (TPSA) is 24.5 Å². The van der Waals surface area contributed by atoms with Gasteiger partial charge in [0.2, 0.25) is 0 Å². The van der Waals surface area contributed by atoms with E-state index in [-0.39, 0.29) is 0 Å². The van der Waals surface area contributed by atoms with Crippen molar-refractivity contribution in [2.24, 2.45) is 5.92 Å². The zero-order valence-corrected chi connectivity index (χ0v) is 15.1. The summed E-state index contributed by atoms with van der Waals surface area (Å²) in [5, 5.41) is 4.64. The van der Waals surface area contributed by atoms with Crippen molar-refractivity contribution in [3.8, 4) is 0 Å². The fraction of sp³-hybridized carbons (Fsp3) is 0.667. The molecular formula is C18H26Cl2N2O. The summed E-state index contributed by atoms with van der Waals surface area (Å²) in [5.74, 6) is 0.880. The molecule has 2 aliphatic rings. The largest absolute Gasteiger partial charge is 0.373 e. The summed E-state index contributed by atoms with van der Waals surface area (Å²) in [5.41, 5.74) is 1.09. The molecule has 1 aromatic carbocycles. The third-order valence-corrected chi connectivity index (χ3v) is 5.72. The normalized spacial score (nSPS) is 21.7. The van der Waals surface area contributed by atoms with Gasteiger partial charge >= 0.3 is 0 Å². The molecule has 3 rings (SSSR count). The molecule has 0 amide bonds. The number of rotatable bonds is 5. The number of nitrogens with one attached hydrogen (secondary N) is 1. The predicted molar refractivity (Wildman–Crippen MR) is 96.3 cm³/mol. The van der Waals surface area contributed by atoms with Crippen LogP contribution in [0.3, 0.4) is 0 Å². The lowest BCUT2D eigenvalue weighted by atomic mass is 9.96. The lowest BCUT2D eigenvalue weighted by molar-refractivity contribution is -0.00579. The molecule has 0 unspecified atom stereocenters. The van der Waals surface area contributed by atoms with Gasteiger partial charge in [-0.05, 0) is 62.4 Å². The van der Waals surface area contributed by atoms with Gasteiger partial charge in [0.05, 0.1) is 22.8 Å². The van der Waals surface area contributed by atoms with Crippen molar-refractivity contribution in [1.29, 1.82) is 0 Å². The van der Waals surface area contributed by atoms with Crippen LogP contribution in [-0.2, 0) is 11.3 Å². The molecule has 1 N–H and O–H groups in total. The van der Waals surface area contributed by atoms with Gasteiger partial charge in [0.25, 0.3) is 0 Å². The van der Waals surface area contributed by atoms with Gasteiger partial charge in [-0.1, -0.05) is 29.3 Å². The SMILES string of the molecule is Clc1ccc(COC2CCN(CC3CCNCC3)CC2)cc1Cl. The first kappa shape index (κ1) is 17.5. The maximum Gasteiger partial charge on any atom is 0.0721 e. The fourth-order valence-corrected chi connectivity index (χ4v) is 3.85. The Morgan fingerprint density at radius 2 is 1.78 bits per heavy atom. The van der Waals surface area contributed by atoms with Crippen molar-refractivity contribution < 1.29 is 4.74 Å². The standard InChI is InChI=1S/C18H26Cl2N2O/c19-17-2-1-15(11-18(17)20)13-23-16-5-9-22(10-6-16)12-14-3-7-21-8-4-14/h1-2,11,14,16,21H,3-10,12-13H2. The Bertz CT molecular complexity index is 498. The van der Waals surface area contributed by atoms with Gasteiger partial charge in [-0.2, -0.15) is 0 Å². The number of ether oxygens (including phenoxy) is 1. The van der Waals surface area contributed by atoms with Gasteiger partial charge < -0.3 is 15.0 Å². The Morgan fingerprint density at radius 3 is 2.48 bits per heavy atom. The van der Waals surface area contributed by atoms with E-state index in [2.05, 4.69) is 10.2 Å². The van der Waals surface area contributed by atoms with Crippen molar-refractivity contribution in [3.05, 3.63) is 33.8 Å². The summed E-state index contributed by atoms with van der Waals surface area (Å²) < 4.78 is 6.06. The van der Waals surface area contributed by atoms with Crippen molar-refractivity contribution in [2.45, 2.75) is 38.4 Å². The average molecular weight is 357 g/mol. The van der Waals surface area contributed by atoms with Crippen LogP contribution in [0.1, 0.15) is 31.2 Å². The quantitative estimate of drug-likeness (QED) is 0.863. The van der Waals surface area contributed by atoms with Crippen LogP contribution >= 0.6 is 23.2 Å². The first-order valence-corrected chi connectivity index (χ1v) is 9.45. The van der Waals surface area contributed by atoms with Crippen LogP contribution in [0.25, 0.3) is 0 Å². The number of benzene rings is 1. The molecule has 23 heavy (non-hydrogen) atoms. The molecule has 0 bridgehead atoms. The van der Waals surface area contributed by atoms with E-state index < -0.39 is 0 Å². The zero-order valence-electron chi connectivity index (χ0n) is 13.6. The number of nitrogens with zero attached hydrogens (tertiary/aromatic N) is 1. The summed E-state index contributed by atoms with van der Waals surface area (Å²) >= 11 is 12.0. The number of piperidine rings is 2. The van der Waals surface area contributed by atoms with Crippen LogP contribution in [0.15, 0.2) is 18.2 Å². The number of halogens is 2. The second kappa shape index (κ2) is 8.68. The van der Waals surface area contributed by atoms with Crippen LogP contribution in [0.5, 0.6) is 0 Å². The van der Waals surface area contributed by atoms with Gasteiger partial charge in [0.1, 0.15) is 0 Å². The molecule has 2 fully saturated rings. The third-order valence-electron chi connectivity index (χ3n) is 4.98. The molecule has 128 valence electrons. The molecule has 2 heterocycles. The Balaban J connectivity index is 1.37. The van der Waals surface area contributed by atoms with Gasteiger partial charge in [0, 0.05) is 19.6 Å². The van der Waals surface area contributed by atoms with Crippen molar-refractivity contribution >= 4 is 23.2 Å². The van der Waals surface area contributed by atoms with E-state index in [0.29, 0.717) is 22.8 Å². The molecule has 3 nitrogen and oxygen atoms in total. The van der Waals surface area contributed by atoms with Crippen molar-refractivity contribution in [3.63, 3.8) is 0 Å². The lowest BCUT2D eigenvalue weighted by Gasteiger charge is -2.35. The summed E-state index contributed by atoms with van der Waals surface area (Å²) in [6.07, 6.45) is 5.29. The predicted octanol–water partition coefficient (Wildman–Crippen LogP) is 3.97. The van der Waals surface area contributed by atoms with E-state index in [0.717, 1.165) is 37.4 Å². The van der Waals surface area contributed by atoms with Gasteiger partial charge in [0.15, 0.2) is 0 Å². The second-order valence-electron chi connectivity index (χ2n) is 6.75. The van der Waals surface area contributed by atoms with E-state index in [4.69, 9.17) is 27.9 Å². The third kappa shape index (κ3) is 5.33. The maximum absolute atomic E-state index is 6.06. The second-order valence-corrected chi connectivity index (χ2v) is 7.57. The van der Waals surface area contributed by atoms with Gasteiger partial charge in [-0.25, -0.2) is 0 Å². The molecule has 0 atom stereocenters. The summed E-state index contributed by atoms with van der Waals surface area (Å²) in [7, 11) is 0. The average Bonchev–Trinajstić information content (AvgIpc) is 2.58. The molecule has 0 saturated carbocycles. The Morgan fingerprint density at radius 1 is 1.04 bits per heavy atom. The molecule has 0 spiro atoms. The van der Waals surface area contributed by atoms with E-state index in [9.17, 15) is 0 Å². The van der Waals surface area contributed by atoms with E-state index in [1.165, 1.54) is 32.5 Å². The molecule has 2 saturated heterocycles. The maximum atomic E-state index is 6.06. The first-order chi connectivity index (χ1) is 11.2. The summed E-state index contributed by atoms with van der Waals surface area (Å²) in [6.45, 7) is 6.59. The van der Waals surface area contributed by atoms with Gasteiger partial charge in [-0.3, -0.25) is 0 Å². The molecule has 0 radical (unpaired) electrons. The Hall–Kier alpha value is -0.320. The molecule has 2 aliphatic heterocycles. The first-order valence-electron chi connectivity index (χ1n) is 8.69. The number of hydrogen-bond donors (Lipinski definition) is 1. The lowest BCUT2D eigenvalue weighted by Crippen LogP contribution is -2.41. The zero-order chi connectivity index (χ0) is 16.1. The van der Waals surface area contributed by atoms with Gasteiger partial charge in [-0.15, -0.1) is 0 Å². The molecule has 5 heteroatoms. The minimum atomic E-state index is 0.369. The number of hydrogen-bond acceptors (Lipinski definition) is 3. The minimum Gasteiger partial charge on any atom is -0.373 e. The van der Waals surface area contributed by atoms with Crippen LogP contribution in [-0.4, -0.2) is 43.7 Å². The minimum absolute atomic E-state index is 0.369. The van der Waals surface area contributed by atoms with E-state index in [1.54, 1.807) is 0 Å². The summed E-state index contributed by atoms with van der Waals surface area (Å²) in [6, 6.07) is 5.72. The van der Waals surface area contributed by atoms with E-state index >= 15 is 0 Å². The van der Waals surface area contributed by atoms with E-state index in [1.807, 2.05) is 18.2 Å². The van der Waals surface area contributed by atoms with Crippen LogP contribution in [0, 0.1) is 5.92 Å². The highest BCUT2D eigenvalue weighted by atomic mass is 35.5. The highest BCUT2D eigenvalue weighted by Gasteiger charge is 2.23. The summed E-state index contributed by atoms with van der Waals surface area (Å²) in [4.78, 5) is 2.62. The fourth-order valence-electron chi connectivity index (χ4n) is 3.53. The monoisotopic (exact) mass is 356 g/mol.